The number of alkyl halides is 3. The zero-order valence-electron chi connectivity index (χ0n) is 13.4. The summed E-state index contributed by atoms with van der Waals surface area (Å²) in [5, 5.41) is 12.2. The Morgan fingerprint density at radius 1 is 1.38 bits per heavy atom. The maximum Gasteiger partial charge on any atom is 0.422 e. The summed E-state index contributed by atoms with van der Waals surface area (Å²) in [6, 6.07) is 5.80. The van der Waals surface area contributed by atoms with Gasteiger partial charge in [-0.3, -0.25) is 0 Å². The molecule has 1 aromatic rings. The lowest BCUT2D eigenvalue weighted by Crippen LogP contribution is -2.51. The van der Waals surface area contributed by atoms with Gasteiger partial charge in [-0.05, 0) is 37.5 Å². The number of aliphatic hydroxyl groups excluding tert-OH is 1. The molecule has 24 heavy (non-hydrogen) atoms. The van der Waals surface area contributed by atoms with E-state index in [9.17, 15) is 23.1 Å². The first-order chi connectivity index (χ1) is 11.2. The normalized spacial score (nSPS) is 21.0. The summed E-state index contributed by atoms with van der Waals surface area (Å²) >= 11 is 0. The van der Waals surface area contributed by atoms with Gasteiger partial charge in [-0.1, -0.05) is 12.1 Å². The summed E-state index contributed by atoms with van der Waals surface area (Å²) in [5.41, 5.74) is 0.201. The molecule has 1 atom stereocenters. The second-order valence-corrected chi connectivity index (χ2v) is 6.12. The van der Waals surface area contributed by atoms with E-state index in [1.54, 1.807) is 17.0 Å². The quantitative estimate of drug-likeness (QED) is 0.862. The largest absolute Gasteiger partial charge is 0.484 e. The first-order valence-corrected chi connectivity index (χ1v) is 7.68. The van der Waals surface area contributed by atoms with Crippen LogP contribution in [0.1, 0.15) is 25.3 Å². The van der Waals surface area contributed by atoms with E-state index in [-0.39, 0.29) is 24.9 Å². The zero-order valence-corrected chi connectivity index (χ0v) is 13.4. The third-order valence-corrected chi connectivity index (χ3v) is 4.10. The Morgan fingerprint density at radius 2 is 2.04 bits per heavy atom. The van der Waals surface area contributed by atoms with Crippen LogP contribution in [0.4, 0.5) is 18.0 Å². The molecular formula is C16H21F3N2O3. The van der Waals surface area contributed by atoms with Gasteiger partial charge in [0, 0.05) is 13.1 Å². The molecule has 0 radical (unpaired) electrons. The van der Waals surface area contributed by atoms with E-state index in [2.05, 4.69) is 10.1 Å². The first-order valence-electron chi connectivity index (χ1n) is 7.68. The second-order valence-electron chi connectivity index (χ2n) is 6.12. The molecule has 1 aromatic carbocycles. The highest BCUT2D eigenvalue weighted by molar-refractivity contribution is 5.75. The van der Waals surface area contributed by atoms with Gasteiger partial charge in [0.25, 0.3) is 0 Å². The number of amides is 2. The summed E-state index contributed by atoms with van der Waals surface area (Å²) in [4.78, 5) is 13.8. The Labute approximate surface area is 138 Å². The Hall–Kier alpha value is -1.96. The molecule has 134 valence electrons. The molecule has 1 heterocycles. The SMILES string of the molecule is C[C@]1(CO)CCCN1C(=O)NCc1ccc(OCC(F)(F)F)cc1. The summed E-state index contributed by atoms with van der Waals surface area (Å²) in [6.45, 7) is 1.25. The van der Waals surface area contributed by atoms with E-state index in [0.29, 0.717) is 6.54 Å². The van der Waals surface area contributed by atoms with Crippen LogP contribution in [0, 0.1) is 0 Å². The van der Waals surface area contributed by atoms with Gasteiger partial charge in [0.2, 0.25) is 0 Å². The van der Waals surface area contributed by atoms with Crippen molar-refractivity contribution in [2.75, 3.05) is 19.8 Å². The number of urea groups is 1. The van der Waals surface area contributed by atoms with Crippen molar-refractivity contribution < 1.29 is 27.8 Å². The third-order valence-electron chi connectivity index (χ3n) is 4.10. The highest BCUT2D eigenvalue weighted by atomic mass is 19.4. The molecule has 1 aliphatic heterocycles. The van der Waals surface area contributed by atoms with Crippen LogP contribution >= 0.6 is 0 Å². The molecule has 1 saturated heterocycles. The number of ether oxygens (including phenoxy) is 1. The van der Waals surface area contributed by atoms with Crippen molar-refractivity contribution in [1.82, 2.24) is 10.2 Å². The Bertz CT molecular complexity index is 563. The maximum atomic E-state index is 12.2. The number of carbonyl (C=O) groups excluding carboxylic acids is 1. The molecule has 0 saturated carbocycles. The monoisotopic (exact) mass is 346 g/mol. The summed E-state index contributed by atoms with van der Waals surface area (Å²) in [5.74, 6) is 0.120. The van der Waals surface area contributed by atoms with E-state index in [1.165, 1.54) is 12.1 Å². The van der Waals surface area contributed by atoms with Crippen LogP contribution in [-0.2, 0) is 6.54 Å². The predicted molar refractivity (Wildman–Crippen MR) is 81.7 cm³/mol. The number of nitrogens with one attached hydrogen (secondary N) is 1. The van der Waals surface area contributed by atoms with Crippen molar-refractivity contribution in [3.05, 3.63) is 29.8 Å². The Balaban J connectivity index is 1.85. The van der Waals surface area contributed by atoms with Gasteiger partial charge < -0.3 is 20.1 Å². The lowest BCUT2D eigenvalue weighted by molar-refractivity contribution is -0.153. The van der Waals surface area contributed by atoms with Crippen LogP contribution in [0.25, 0.3) is 0 Å². The fraction of sp³-hybridized carbons (Fsp3) is 0.562. The van der Waals surface area contributed by atoms with Crippen molar-refractivity contribution in [2.45, 2.75) is 38.0 Å². The highest BCUT2D eigenvalue weighted by Gasteiger charge is 2.38. The molecular weight excluding hydrogens is 325 g/mol. The topological polar surface area (TPSA) is 61.8 Å². The van der Waals surface area contributed by atoms with Crippen molar-refractivity contribution >= 4 is 6.03 Å². The van der Waals surface area contributed by atoms with Crippen LogP contribution in [0.2, 0.25) is 0 Å². The smallest absolute Gasteiger partial charge is 0.422 e. The molecule has 0 bridgehead atoms. The lowest BCUT2D eigenvalue weighted by atomic mass is 10.0. The van der Waals surface area contributed by atoms with Crippen LogP contribution in [-0.4, -0.2) is 47.5 Å². The minimum absolute atomic E-state index is 0.0916. The summed E-state index contributed by atoms with van der Waals surface area (Å²) < 4.78 is 40.9. The minimum Gasteiger partial charge on any atom is -0.484 e. The number of benzene rings is 1. The molecule has 0 aromatic heterocycles. The van der Waals surface area contributed by atoms with Gasteiger partial charge in [-0.2, -0.15) is 13.2 Å². The van der Waals surface area contributed by atoms with Crippen LogP contribution < -0.4 is 10.1 Å². The first kappa shape index (κ1) is 18.4. The molecule has 0 aliphatic carbocycles. The number of hydrogen-bond donors (Lipinski definition) is 2. The number of nitrogens with zero attached hydrogens (tertiary/aromatic N) is 1. The standard InChI is InChI=1S/C16H21F3N2O3/c1-15(10-22)7-2-8-21(15)14(23)20-9-12-3-5-13(6-4-12)24-11-16(17,18)19/h3-6,22H,2,7-11H2,1H3,(H,20,23)/t15-/m1/s1. The average molecular weight is 346 g/mol. The van der Waals surface area contributed by atoms with Crippen LogP contribution in [0.15, 0.2) is 24.3 Å². The van der Waals surface area contributed by atoms with Crippen molar-refractivity contribution in [2.24, 2.45) is 0 Å². The lowest BCUT2D eigenvalue weighted by Gasteiger charge is -2.33. The highest BCUT2D eigenvalue weighted by Crippen LogP contribution is 2.28. The van der Waals surface area contributed by atoms with Gasteiger partial charge in [0.05, 0.1) is 12.1 Å². The van der Waals surface area contributed by atoms with Gasteiger partial charge in [0.15, 0.2) is 6.61 Å². The zero-order chi connectivity index (χ0) is 17.8. The van der Waals surface area contributed by atoms with E-state index < -0.39 is 18.3 Å². The number of carbonyl (C=O) groups is 1. The molecule has 1 aliphatic rings. The average Bonchev–Trinajstić information content (AvgIpc) is 2.93. The minimum atomic E-state index is -4.37. The fourth-order valence-electron chi connectivity index (χ4n) is 2.68. The molecule has 1 fully saturated rings. The number of rotatable bonds is 5. The summed E-state index contributed by atoms with van der Waals surface area (Å²) in [7, 11) is 0. The molecule has 0 unspecified atom stereocenters. The number of halogens is 3. The van der Waals surface area contributed by atoms with Gasteiger partial charge >= 0.3 is 12.2 Å². The fourth-order valence-corrected chi connectivity index (χ4v) is 2.68. The predicted octanol–water partition coefficient (Wildman–Crippen LogP) is 2.68. The molecule has 0 spiro atoms. The molecule has 2 amide bonds. The Kier molecular flexibility index (Phi) is 5.58. The van der Waals surface area contributed by atoms with Crippen LogP contribution in [0.5, 0.6) is 5.75 Å². The molecule has 8 heteroatoms. The maximum absolute atomic E-state index is 12.2. The summed E-state index contributed by atoms with van der Waals surface area (Å²) in [6.07, 6.45) is -2.78. The van der Waals surface area contributed by atoms with Gasteiger partial charge in [-0.15, -0.1) is 0 Å². The molecule has 2 N–H and O–H groups in total. The van der Waals surface area contributed by atoms with Crippen molar-refractivity contribution in [1.29, 1.82) is 0 Å². The van der Waals surface area contributed by atoms with E-state index in [1.807, 2.05) is 6.92 Å². The van der Waals surface area contributed by atoms with Gasteiger partial charge in [-0.25, -0.2) is 4.79 Å². The van der Waals surface area contributed by atoms with Crippen molar-refractivity contribution in [3.8, 4) is 5.75 Å². The van der Waals surface area contributed by atoms with E-state index in [0.717, 1.165) is 18.4 Å². The number of aliphatic hydroxyl groups is 1. The van der Waals surface area contributed by atoms with Crippen LogP contribution in [0.3, 0.4) is 0 Å². The molecule has 5 nitrogen and oxygen atoms in total. The van der Waals surface area contributed by atoms with Crippen molar-refractivity contribution in [3.63, 3.8) is 0 Å². The van der Waals surface area contributed by atoms with E-state index in [4.69, 9.17) is 0 Å². The van der Waals surface area contributed by atoms with Gasteiger partial charge in [0.1, 0.15) is 5.75 Å². The number of likely N-dealkylation sites (tertiary alicyclic amines) is 1. The number of hydrogen-bond acceptors (Lipinski definition) is 3. The third kappa shape index (κ3) is 4.77. The molecule has 2 rings (SSSR count). The van der Waals surface area contributed by atoms with E-state index >= 15 is 0 Å². The second kappa shape index (κ2) is 7.29. The Morgan fingerprint density at radius 3 is 2.62 bits per heavy atom.